The van der Waals surface area contributed by atoms with Crippen molar-refractivity contribution in [2.75, 3.05) is 39.6 Å². The minimum Gasteiger partial charge on any atom is -0.462 e. The van der Waals surface area contributed by atoms with Crippen molar-refractivity contribution in [3.05, 3.63) is 0 Å². The first-order valence-electron chi connectivity index (χ1n) is 38.3. The van der Waals surface area contributed by atoms with E-state index in [4.69, 9.17) is 37.0 Å². The lowest BCUT2D eigenvalue weighted by Crippen LogP contribution is -2.30. The second-order valence-corrected chi connectivity index (χ2v) is 31.0. The van der Waals surface area contributed by atoms with Crippen molar-refractivity contribution in [3.63, 3.8) is 0 Å². The minimum absolute atomic E-state index is 0.105. The number of phosphoric ester groups is 2. The lowest BCUT2D eigenvalue weighted by molar-refractivity contribution is -0.161. The van der Waals surface area contributed by atoms with Crippen LogP contribution in [-0.2, 0) is 65.4 Å². The number of ether oxygens (including phenoxy) is 4. The summed E-state index contributed by atoms with van der Waals surface area (Å²) in [6, 6.07) is 0. The highest BCUT2D eigenvalue weighted by Crippen LogP contribution is 2.45. The number of phosphoric acid groups is 2. The lowest BCUT2D eigenvalue weighted by Gasteiger charge is -2.21. The van der Waals surface area contributed by atoms with Gasteiger partial charge in [-0.25, -0.2) is 9.13 Å². The predicted molar refractivity (Wildman–Crippen MR) is 377 cm³/mol. The van der Waals surface area contributed by atoms with Crippen molar-refractivity contribution in [2.45, 2.75) is 394 Å². The van der Waals surface area contributed by atoms with E-state index >= 15 is 0 Å². The third kappa shape index (κ3) is 68.4. The number of esters is 4. The summed E-state index contributed by atoms with van der Waals surface area (Å²) >= 11 is 0. The summed E-state index contributed by atoms with van der Waals surface area (Å²) in [7, 11) is -9.91. The van der Waals surface area contributed by atoms with Gasteiger partial charge in [-0.05, 0) is 43.4 Å². The van der Waals surface area contributed by atoms with Crippen LogP contribution in [0.5, 0.6) is 0 Å². The minimum atomic E-state index is -4.96. The maximum absolute atomic E-state index is 13.1. The van der Waals surface area contributed by atoms with Crippen LogP contribution in [0.1, 0.15) is 376 Å². The van der Waals surface area contributed by atoms with Gasteiger partial charge < -0.3 is 33.8 Å². The normalized spacial score (nSPS) is 14.1. The van der Waals surface area contributed by atoms with Gasteiger partial charge in [0, 0.05) is 25.7 Å². The van der Waals surface area contributed by atoms with E-state index in [1.54, 1.807) is 0 Å². The maximum atomic E-state index is 13.1. The van der Waals surface area contributed by atoms with Gasteiger partial charge in [0.25, 0.3) is 0 Å². The maximum Gasteiger partial charge on any atom is 0.472 e. The first-order valence-corrected chi connectivity index (χ1v) is 41.3. The first kappa shape index (κ1) is 91.1. The van der Waals surface area contributed by atoms with E-state index < -0.39 is 97.5 Å². The first-order chi connectivity index (χ1) is 44.7. The second-order valence-electron chi connectivity index (χ2n) is 28.1. The van der Waals surface area contributed by atoms with Crippen LogP contribution in [0.15, 0.2) is 0 Å². The van der Waals surface area contributed by atoms with Crippen LogP contribution in [0, 0.1) is 17.8 Å². The summed E-state index contributed by atoms with van der Waals surface area (Å²) in [6.45, 7) is 11.9. The number of unbranched alkanes of at least 4 members (excludes halogenated alkanes) is 40. The van der Waals surface area contributed by atoms with Gasteiger partial charge in [0.1, 0.15) is 19.3 Å². The predicted octanol–water partition coefficient (Wildman–Crippen LogP) is 21.4. The number of aliphatic hydroxyl groups excluding tert-OH is 1. The summed E-state index contributed by atoms with van der Waals surface area (Å²) in [4.78, 5) is 72.7. The summed E-state index contributed by atoms with van der Waals surface area (Å²) in [6.07, 6.45) is 49.9. The Hall–Kier alpha value is -1.94. The number of hydrogen-bond acceptors (Lipinski definition) is 15. The van der Waals surface area contributed by atoms with E-state index in [-0.39, 0.29) is 25.7 Å². The number of carbonyl (C=O) groups excluding carboxylic acids is 4. The Morgan fingerprint density at radius 3 is 0.731 bits per heavy atom. The summed E-state index contributed by atoms with van der Waals surface area (Å²) < 4.78 is 68.5. The van der Waals surface area contributed by atoms with E-state index in [9.17, 15) is 43.2 Å². The van der Waals surface area contributed by atoms with Crippen molar-refractivity contribution in [2.24, 2.45) is 17.8 Å². The molecule has 3 N–H and O–H groups in total. The van der Waals surface area contributed by atoms with E-state index in [0.29, 0.717) is 25.7 Å². The van der Waals surface area contributed by atoms with Crippen molar-refractivity contribution in [1.82, 2.24) is 0 Å². The highest BCUT2D eigenvalue weighted by Gasteiger charge is 2.30. The molecule has 0 fully saturated rings. The molecule has 2 unspecified atom stereocenters. The molecule has 552 valence electrons. The van der Waals surface area contributed by atoms with Gasteiger partial charge in [0.2, 0.25) is 0 Å². The van der Waals surface area contributed by atoms with Crippen LogP contribution in [0.4, 0.5) is 0 Å². The smallest absolute Gasteiger partial charge is 0.462 e. The Morgan fingerprint density at radius 1 is 0.290 bits per heavy atom. The summed E-state index contributed by atoms with van der Waals surface area (Å²) in [5.74, 6) is 0.135. The van der Waals surface area contributed by atoms with Crippen molar-refractivity contribution in [3.8, 4) is 0 Å². The van der Waals surface area contributed by atoms with Gasteiger partial charge in [-0.3, -0.25) is 37.3 Å². The summed E-state index contributed by atoms with van der Waals surface area (Å²) in [5, 5.41) is 10.6. The van der Waals surface area contributed by atoms with Crippen molar-refractivity contribution < 1.29 is 80.2 Å². The molecule has 17 nitrogen and oxygen atoms in total. The average molecular weight is 1370 g/mol. The second kappa shape index (κ2) is 64.7. The topological polar surface area (TPSA) is 237 Å². The van der Waals surface area contributed by atoms with Crippen LogP contribution in [0.3, 0.4) is 0 Å². The molecule has 0 aromatic carbocycles. The molecule has 5 atom stereocenters. The van der Waals surface area contributed by atoms with Gasteiger partial charge in [0.05, 0.1) is 26.4 Å². The molecule has 0 aliphatic heterocycles. The average Bonchev–Trinajstić information content (AvgIpc) is 2.27. The van der Waals surface area contributed by atoms with Crippen LogP contribution in [-0.4, -0.2) is 96.7 Å². The molecule has 0 saturated carbocycles. The fourth-order valence-corrected chi connectivity index (χ4v) is 12.8. The SMILES string of the molecule is CCCCCCCCCCCCCCCCC(=O)OC[C@H](COP(=O)(O)OC[C@@H](O)COP(=O)(O)OC[C@@H](COC(=O)CCCCCCCCCCC(C)C)OC(=O)CCCCCCCCCCCCC(C)C)OC(=O)CCCCCCCCCCCCCCC(C)C. The molecule has 0 aliphatic carbocycles. The summed E-state index contributed by atoms with van der Waals surface area (Å²) in [5.41, 5.74) is 0. The molecular formula is C74H144O17P2. The number of aliphatic hydroxyl groups is 1. The van der Waals surface area contributed by atoms with E-state index in [1.165, 1.54) is 186 Å². The van der Waals surface area contributed by atoms with Gasteiger partial charge in [-0.15, -0.1) is 0 Å². The zero-order chi connectivity index (χ0) is 68.7. The third-order valence-corrected chi connectivity index (χ3v) is 19.0. The Balaban J connectivity index is 5.27. The van der Waals surface area contributed by atoms with Crippen LogP contribution in [0.25, 0.3) is 0 Å². The molecule has 0 aromatic rings. The Labute approximate surface area is 568 Å². The lowest BCUT2D eigenvalue weighted by atomic mass is 10.0. The van der Waals surface area contributed by atoms with Crippen molar-refractivity contribution in [1.29, 1.82) is 0 Å². The number of rotatable bonds is 72. The number of carbonyl (C=O) groups is 4. The van der Waals surface area contributed by atoms with E-state index in [1.807, 2.05) is 0 Å². The molecule has 0 rings (SSSR count). The standard InChI is InChI=1S/C74H144O17P2/c1-8-9-10-11-12-13-14-15-16-20-26-34-41-48-55-71(76)84-61-69(90-73(78)57-50-43-36-27-21-18-17-19-24-31-38-45-52-65(2)3)63-88-92(80,81)86-59-68(75)60-87-93(82,83)89-64-70(62-85-72(77)56-49-42-35-30-29-33-40-47-54-67(6)7)91-74(79)58-51-44-37-28-23-22-25-32-39-46-53-66(4)5/h65-70,75H,8-64H2,1-7H3,(H,80,81)(H,82,83)/t68-,69-,70-/m1/s1. The van der Waals surface area contributed by atoms with E-state index in [2.05, 4.69) is 48.5 Å². The van der Waals surface area contributed by atoms with Crippen LogP contribution in [0.2, 0.25) is 0 Å². The van der Waals surface area contributed by atoms with E-state index in [0.717, 1.165) is 108 Å². The zero-order valence-electron chi connectivity index (χ0n) is 60.7. The molecule has 93 heavy (non-hydrogen) atoms. The highest BCUT2D eigenvalue weighted by atomic mass is 31.2. The van der Waals surface area contributed by atoms with Gasteiger partial charge in [-0.2, -0.15) is 0 Å². The molecule has 0 radical (unpaired) electrons. The molecule has 0 aliphatic rings. The van der Waals surface area contributed by atoms with Crippen molar-refractivity contribution >= 4 is 39.5 Å². The Bertz CT molecular complexity index is 1820. The van der Waals surface area contributed by atoms with Crippen LogP contribution >= 0.6 is 15.6 Å². The molecule has 0 bridgehead atoms. The Morgan fingerprint density at radius 2 is 0.495 bits per heavy atom. The molecule has 0 aromatic heterocycles. The highest BCUT2D eigenvalue weighted by molar-refractivity contribution is 7.47. The molecule has 0 spiro atoms. The van der Waals surface area contributed by atoms with Crippen LogP contribution < -0.4 is 0 Å². The fourth-order valence-electron chi connectivity index (χ4n) is 11.2. The monoisotopic (exact) mass is 1370 g/mol. The van der Waals surface area contributed by atoms with Gasteiger partial charge in [-0.1, -0.05) is 325 Å². The molecule has 0 heterocycles. The quantitative estimate of drug-likeness (QED) is 0.0222. The molecule has 19 heteroatoms. The molecule has 0 amide bonds. The van der Waals surface area contributed by atoms with Gasteiger partial charge in [0.15, 0.2) is 12.2 Å². The third-order valence-electron chi connectivity index (χ3n) is 17.1. The zero-order valence-corrected chi connectivity index (χ0v) is 62.5. The van der Waals surface area contributed by atoms with Gasteiger partial charge >= 0.3 is 39.5 Å². The largest absolute Gasteiger partial charge is 0.472 e. The Kier molecular flexibility index (Phi) is 63.4. The molecular weight excluding hydrogens is 1220 g/mol. The molecule has 0 saturated heterocycles. The number of hydrogen-bond donors (Lipinski definition) is 3. The fraction of sp³-hybridized carbons (Fsp3) is 0.946.